The van der Waals surface area contributed by atoms with Gasteiger partial charge in [0.05, 0.1) is 4.90 Å². The van der Waals surface area contributed by atoms with Gasteiger partial charge in [0.1, 0.15) is 0 Å². The molecule has 27 heavy (non-hydrogen) atoms. The first-order valence-corrected chi connectivity index (χ1v) is 11.2. The van der Waals surface area contributed by atoms with Gasteiger partial charge < -0.3 is 5.32 Å². The highest BCUT2D eigenvalue weighted by molar-refractivity contribution is 9.10. The predicted molar refractivity (Wildman–Crippen MR) is 112 cm³/mol. The Hall–Kier alpha value is -2.00. The fraction of sp³-hybridized carbons (Fsp3) is 0.105. The molecule has 0 fully saturated rings. The van der Waals surface area contributed by atoms with Crippen molar-refractivity contribution in [2.24, 2.45) is 0 Å². The zero-order chi connectivity index (χ0) is 19.4. The Bertz CT molecular complexity index is 1050. The van der Waals surface area contributed by atoms with Crippen LogP contribution >= 0.6 is 27.3 Å². The lowest BCUT2D eigenvalue weighted by molar-refractivity contribution is 0.102. The summed E-state index contributed by atoms with van der Waals surface area (Å²) in [4.78, 5) is 13.4. The third-order valence-electron chi connectivity index (χ3n) is 3.86. The standard InChI is InChI=1S/C19H17BrN2O3S2/c1-13-11-15(6-9-18(13)20)22-19(23)14-4-7-17(8-5-14)27(24,25)21-12-16-3-2-10-26-16/h2-11,21H,12H2,1H3,(H,22,23). The van der Waals surface area contributed by atoms with Crippen molar-refractivity contribution < 1.29 is 13.2 Å². The lowest BCUT2D eigenvalue weighted by Gasteiger charge is -2.09. The van der Waals surface area contributed by atoms with E-state index in [1.165, 1.54) is 35.6 Å². The number of amides is 1. The second-order valence-corrected chi connectivity index (χ2v) is 9.50. The molecule has 1 aromatic heterocycles. The van der Waals surface area contributed by atoms with Crippen molar-refractivity contribution in [1.82, 2.24) is 4.72 Å². The van der Waals surface area contributed by atoms with E-state index in [0.29, 0.717) is 11.3 Å². The SMILES string of the molecule is Cc1cc(NC(=O)c2ccc(S(=O)(=O)NCc3cccs3)cc2)ccc1Br. The lowest BCUT2D eigenvalue weighted by Crippen LogP contribution is -2.23. The Balaban J connectivity index is 1.68. The third kappa shape index (κ3) is 5.04. The summed E-state index contributed by atoms with van der Waals surface area (Å²) in [6.45, 7) is 2.17. The first-order valence-electron chi connectivity index (χ1n) is 8.05. The van der Waals surface area contributed by atoms with E-state index < -0.39 is 10.0 Å². The number of nitrogens with one attached hydrogen (secondary N) is 2. The molecule has 0 saturated carbocycles. The van der Waals surface area contributed by atoms with Crippen molar-refractivity contribution in [3.63, 3.8) is 0 Å². The summed E-state index contributed by atoms with van der Waals surface area (Å²) in [5, 5.41) is 4.70. The Morgan fingerprint density at radius 1 is 1.11 bits per heavy atom. The van der Waals surface area contributed by atoms with Crippen LogP contribution in [0.2, 0.25) is 0 Å². The highest BCUT2D eigenvalue weighted by atomic mass is 79.9. The molecule has 0 radical (unpaired) electrons. The van der Waals surface area contributed by atoms with Gasteiger partial charge in [-0.2, -0.15) is 0 Å². The number of anilines is 1. The van der Waals surface area contributed by atoms with Crippen LogP contribution in [0.4, 0.5) is 5.69 Å². The van der Waals surface area contributed by atoms with Crippen LogP contribution in [0.25, 0.3) is 0 Å². The van der Waals surface area contributed by atoms with E-state index in [9.17, 15) is 13.2 Å². The van der Waals surface area contributed by atoms with E-state index in [-0.39, 0.29) is 17.3 Å². The van der Waals surface area contributed by atoms with Crippen molar-refractivity contribution in [1.29, 1.82) is 0 Å². The molecule has 0 unspecified atom stereocenters. The predicted octanol–water partition coefficient (Wildman–Crippen LogP) is 4.55. The van der Waals surface area contributed by atoms with Crippen molar-refractivity contribution in [3.05, 3.63) is 80.5 Å². The smallest absolute Gasteiger partial charge is 0.255 e. The average Bonchev–Trinajstić information content (AvgIpc) is 3.17. The number of carbonyl (C=O) groups is 1. The molecule has 3 aromatic rings. The van der Waals surface area contributed by atoms with Crippen molar-refractivity contribution >= 4 is 48.9 Å². The van der Waals surface area contributed by atoms with E-state index in [2.05, 4.69) is 26.0 Å². The summed E-state index contributed by atoms with van der Waals surface area (Å²) in [6, 6.07) is 15.1. The fourth-order valence-electron chi connectivity index (χ4n) is 2.37. The van der Waals surface area contributed by atoms with Gasteiger partial charge in [-0.25, -0.2) is 13.1 Å². The Morgan fingerprint density at radius 3 is 2.48 bits per heavy atom. The second-order valence-electron chi connectivity index (χ2n) is 5.85. The van der Waals surface area contributed by atoms with Crippen molar-refractivity contribution in [2.45, 2.75) is 18.4 Å². The maximum absolute atomic E-state index is 12.4. The van der Waals surface area contributed by atoms with E-state index in [1.54, 1.807) is 6.07 Å². The zero-order valence-corrected chi connectivity index (χ0v) is 17.6. The molecule has 0 atom stereocenters. The Morgan fingerprint density at radius 2 is 1.85 bits per heavy atom. The van der Waals surface area contributed by atoms with E-state index in [1.807, 2.05) is 36.6 Å². The number of halogens is 1. The van der Waals surface area contributed by atoms with Crippen LogP contribution in [0.1, 0.15) is 20.8 Å². The molecule has 0 spiro atoms. The largest absolute Gasteiger partial charge is 0.322 e. The zero-order valence-electron chi connectivity index (χ0n) is 14.4. The van der Waals surface area contributed by atoms with Crippen molar-refractivity contribution in [2.75, 3.05) is 5.32 Å². The maximum atomic E-state index is 12.4. The minimum Gasteiger partial charge on any atom is -0.322 e. The molecular formula is C19H17BrN2O3S2. The van der Waals surface area contributed by atoms with Crippen LogP contribution in [-0.2, 0) is 16.6 Å². The van der Waals surface area contributed by atoms with E-state index in [0.717, 1.165) is 14.9 Å². The number of hydrogen-bond acceptors (Lipinski definition) is 4. The molecule has 140 valence electrons. The quantitative estimate of drug-likeness (QED) is 0.561. The Kier molecular flexibility index (Phi) is 6.11. The number of aryl methyl sites for hydroxylation is 1. The molecule has 0 aliphatic carbocycles. The van der Waals surface area contributed by atoms with E-state index in [4.69, 9.17) is 0 Å². The minimum absolute atomic E-state index is 0.120. The third-order valence-corrected chi connectivity index (χ3v) is 7.04. The number of rotatable bonds is 6. The number of benzene rings is 2. The number of sulfonamides is 1. The maximum Gasteiger partial charge on any atom is 0.255 e. The molecule has 3 rings (SSSR count). The molecule has 1 amide bonds. The summed E-state index contributed by atoms with van der Waals surface area (Å²) in [5.74, 6) is -0.299. The van der Waals surface area contributed by atoms with E-state index >= 15 is 0 Å². The van der Waals surface area contributed by atoms with Crippen LogP contribution in [-0.4, -0.2) is 14.3 Å². The lowest BCUT2D eigenvalue weighted by atomic mass is 10.2. The highest BCUT2D eigenvalue weighted by Gasteiger charge is 2.15. The van der Waals surface area contributed by atoms with Gasteiger partial charge in [0.15, 0.2) is 0 Å². The van der Waals surface area contributed by atoms with Crippen LogP contribution in [0.3, 0.4) is 0 Å². The summed E-state index contributed by atoms with van der Waals surface area (Å²) in [5.41, 5.74) is 2.06. The summed E-state index contributed by atoms with van der Waals surface area (Å²) in [7, 11) is -3.63. The van der Waals surface area contributed by atoms with Crippen LogP contribution in [0, 0.1) is 6.92 Å². The van der Waals surface area contributed by atoms with Gasteiger partial charge in [-0.15, -0.1) is 11.3 Å². The van der Waals surface area contributed by atoms with Gasteiger partial charge in [0.25, 0.3) is 5.91 Å². The first kappa shape index (κ1) is 19.8. The second kappa shape index (κ2) is 8.35. The summed E-state index contributed by atoms with van der Waals surface area (Å²) < 4.78 is 28.2. The van der Waals surface area contributed by atoms with Crippen LogP contribution < -0.4 is 10.0 Å². The normalized spacial score (nSPS) is 11.3. The summed E-state index contributed by atoms with van der Waals surface area (Å²) in [6.07, 6.45) is 0. The molecule has 8 heteroatoms. The van der Waals surface area contributed by atoms with Crippen LogP contribution in [0.15, 0.2) is 69.3 Å². The van der Waals surface area contributed by atoms with Crippen LogP contribution in [0.5, 0.6) is 0 Å². The monoisotopic (exact) mass is 464 g/mol. The molecule has 0 saturated heterocycles. The molecular weight excluding hydrogens is 448 g/mol. The van der Waals surface area contributed by atoms with Gasteiger partial charge in [-0.1, -0.05) is 22.0 Å². The highest BCUT2D eigenvalue weighted by Crippen LogP contribution is 2.21. The Labute approximate surface area is 170 Å². The average molecular weight is 465 g/mol. The fourth-order valence-corrected chi connectivity index (χ4v) is 4.36. The summed E-state index contributed by atoms with van der Waals surface area (Å²) >= 11 is 4.90. The van der Waals surface area contributed by atoms with Gasteiger partial charge in [0.2, 0.25) is 10.0 Å². The minimum atomic E-state index is -3.63. The molecule has 0 bridgehead atoms. The molecule has 0 aliphatic heterocycles. The van der Waals surface area contributed by atoms with Gasteiger partial charge in [-0.05, 0) is 66.4 Å². The van der Waals surface area contributed by atoms with Gasteiger partial charge >= 0.3 is 0 Å². The molecule has 1 heterocycles. The number of thiophene rings is 1. The number of carbonyl (C=O) groups excluding carboxylic acids is 1. The molecule has 2 N–H and O–H groups in total. The molecule has 2 aromatic carbocycles. The number of hydrogen-bond donors (Lipinski definition) is 2. The van der Waals surface area contributed by atoms with Crippen molar-refractivity contribution in [3.8, 4) is 0 Å². The van der Waals surface area contributed by atoms with Gasteiger partial charge in [0, 0.05) is 27.1 Å². The molecule has 0 aliphatic rings. The molecule has 5 nitrogen and oxygen atoms in total. The first-order chi connectivity index (χ1) is 12.8. The van der Waals surface area contributed by atoms with Gasteiger partial charge in [-0.3, -0.25) is 4.79 Å². The topological polar surface area (TPSA) is 75.3 Å².